The molecule has 0 saturated carbocycles. The van der Waals surface area contributed by atoms with Gasteiger partial charge in [0.2, 0.25) is 5.76 Å². The average Bonchev–Trinajstić information content (AvgIpc) is 2.92. The molecule has 1 N–H and O–H groups in total. The van der Waals surface area contributed by atoms with Gasteiger partial charge in [0.25, 0.3) is 0 Å². The summed E-state index contributed by atoms with van der Waals surface area (Å²) in [5.41, 5.74) is 2.10. The van der Waals surface area contributed by atoms with Gasteiger partial charge in [-0.15, -0.1) is 11.3 Å². The van der Waals surface area contributed by atoms with Crippen LogP contribution in [0.2, 0.25) is 0 Å². The molecule has 3 aromatic rings. The van der Waals surface area contributed by atoms with Crippen molar-refractivity contribution in [3.63, 3.8) is 0 Å². The van der Waals surface area contributed by atoms with Gasteiger partial charge in [-0.3, -0.25) is 0 Å². The number of carboxylic acid groups (broad SMARTS) is 1. The minimum Gasteiger partial charge on any atom is -0.475 e. The minimum atomic E-state index is -1.13. The molecule has 0 radical (unpaired) electrons. The fourth-order valence-electron chi connectivity index (χ4n) is 1.77. The molecule has 0 fully saturated rings. The third kappa shape index (κ3) is 1.67. The summed E-state index contributed by atoms with van der Waals surface area (Å²) in [5, 5.41) is 13.5. The number of carbonyl (C=O) groups is 1. The maximum Gasteiger partial charge on any atom is 0.374 e. The summed E-state index contributed by atoms with van der Waals surface area (Å²) in [7, 11) is 0. The Morgan fingerprint density at radius 2 is 2.28 bits per heavy atom. The van der Waals surface area contributed by atoms with E-state index in [2.05, 4.69) is 10.1 Å². The van der Waals surface area contributed by atoms with Crippen LogP contribution in [0.25, 0.3) is 21.5 Å². The first kappa shape index (κ1) is 10.9. The zero-order chi connectivity index (χ0) is 12.7. The van der Waals surface area contributed by atoms with E-state index in [-0.39, 0.29) is 5.76 Å². The number of thiazole rings is 1. The van der Waals surface area contributed by atoms with Crippen molar-refractivity contribution < 1.29 is 14.4 Å². The zero-order valence-electron chi connectivity index (χ0n) is 9.38. The van der Waals surface area contributed by atoms with Crippen molar-refractivity contribution in [2.24, 2.45) is 0 Å². The summed E-state index contributed by atoms with van der Waals surface area (Å²) < 4.78 is 5.81. The highest BCUT2D eigenvalue weighted by atomic mass is 32.1. The van der Waals surface area contributed by atoms with Crippen molar-refractivity contribution in [2.75, 3.05) is 0 Å². The maximum absolute atomic E-state index is 10.8. The molecule has 6 heteroatoms. The molecule has 1 aromatic carbocycles. The number of para-hydroxylation sites is 1. The van der Waals surface area contributed by atoms with Gasteiger partial charge in [-0.05, 0) is 13.0 Å². The Hall–Kier alpha value is -2.21. The van der Waals surface area contributed by atoms with E-state index in [9.17, 15) is 4.79 Å². The van der Waals surface area contributed by atoms with Gasteiger partial charge in [-0.1, -0.05) is 17.3 Å². The molecule has 2 aromatic heterocycles. The highest BCUT2D eigenvalue weighted by Gasteiger charge is 2.15. The van der Waals surface area contributed by atoms with E-state index in [1.165, 1.54) is 6.07 Å². The van der Waals surface area contributed by atoms with Crippen LogP contribution in [0, 0.1) is 6.92 Å². The number of aromatic nitrogens is 2. The van der Waals surface area contributed by atoms with Crippen LogP contribution >= 0.6 is 11.3 Å². The Bertz CT molecular complexity index is 745. The van der Waals surface area contributed by atoms with Crippen LogP contribution in [0.3, 0.4) is 0 Å². The van der Waals surface area contributed by atoms with E-state index < -0.39 is 5.97 Å². The standard InChI is InChI=1S/C12H8N2O3S/c1-6-13-11-7(3-2-4-10(11)18-6)8-5-9(12(15)16)17-14-8/h2-5H,1H3,(H,15,16). The molecule has 0 atom stereocenters. The number of carboxylic acids is 1. The minimum absolute atomic E-state index is 0.172. The number of aryl methyl sites for hydroxylation is 1. The van der Waals surface area contributed by atoms with Crippen LogP contribution in [-0.4, -0.2) is 21.2 Å². The molecule has 0 aliphatic rings. The van der Waals surface area contributed by atoms with Crippen molar-refractivity contribution >= 4 is 27.5 Å². The van der Waals surface area contributed by atoms with E-state index in [4.69, 9.17) is 9.63 Å². The summed E-state index contributed by atoms with van der Waals surface area (Å²) in [6.07, 6.45) is 0. The molecular formula is C12H8N2O3S. The third-order valence-electron chi connectivity index (χ3n) is 2.52. The Kier molecular flexibility index (Phi) is 2.38. The van der Waals surface area contributed by atoms with Crippen LogP contribution < -0.4 is 0 Å². The Morgan fingerprint density at radius 1 is 1.44 bits per heavy atom. The molecule has 0 amide bonds. The number of aromatic carboxylic acids is 1. The lowest BCUT2D eigenvalue weighted by atomic mass is 10.1. The molecular weight excluding hydrogens is 252 g/mol. The Morgan fingerprint density at radius 3 is 3.00 bits per heavy atom. The van der Waals surface area contributed by atoms with Crippen LogP contribution in [0.1, 0.15) is 15.6 Å². The first-order valence-corrected chi connectivity index (χ1v) is 6.03. The fourth-order valence-corrected chi connectivity index (χ4v) is 2.62. The average molecular weight is 260 g/mol. The topological polar surface area (TPSA) is 76.2 Å². The number of hydrogen-bond acceptors (Lipinski definition) is 5. The molecule has 0 saturated heterocycles. The highest BCUT2D eigenvalue weighted by molar-refractivity contribution is 7.18. The SMILES string of the molecule is Cc1nc2c(-c3cc(C(=O)O)on3)cccc2s1. The third-order valence-corrected chi connectivity index (χ3v) is 3.46. The smallest absolute Gasteiger partial charge is 0.374 e. The zero-order valence-corrected chi connectivity index (χ0v) is 10.2. The predicted molar refractivity (Wildman–Crippen MR) is 66.8 cm³/mol. The van der Waals surface area contributed by atoms with Gasteiger partial charge < -0.3 is 9.63 Å². The molecule has 0 spiro atoms. The molecule has 3 rings (SSSR count). The van der Waals surface area contributed by atoms with Gasteiger partial charge >= 0.3 is 5.97 Å². The van der Waals surface area contributed by atoms with Gasteiger partial charge in [-0.25, -0.2) is 9.78 Å². The fraction of sp³-hybridized carbons (Fsp3) is 0.0833. The summed E-state index contributed by atoms with van der Waals surface area (Å²) >= 11 is 1.59. The maximum atomic E-state index is 10.8. The quantitative estimate of drug-likeness (QED) is 0.766. The monoisotopic (exact) mass is 260 g/mol. The van der Waals surface area contributed by atoms with Crippen LogP contribution in [0.4, 0.5) is 0 Å². The molecule has 0 aliphatic heterocycles. The van der Waals surface area contributed by atoms with Gasteiger partial charge in [0.1, 0.15) is 5.69 Å². The van der Waals surface area contributed by atoms with Crippen LogP contribution in [0.5, 0.6) is 0 Å². The molecule has 18 heavy (non-hydrogen) atoms. The highest BCUT2D eigenvalue weighted by Crippen LogP contribution is 2.30. The van der Waals surface area contributed by atoms with E-state index in [0.29, 0.717) is 5.69 Å². The Balaban J connectivity index is 2.21. The van der Waals surface area contributed by atoms with Crippen LogP contribution in [0.15, 0.2) is 28.8 Å². The van der Waals surface area contributed by atoms with Crippen molar-refractivity contribution in [2.45, 2.75) is 6.92 Å². The molecule has 2 heterocycles. The van der Waals surface area contributed by atoms with Gasteiger partial charge in [0.15, 0.2) is 0 Å². The second-order valence-electron chi connectivity index (χ2n) is 3.77. The summed E-state index contributed by atoms with van der Waals surface area (Å²) in [6, 6.07) is 7.13. The second-order valence-corrected chi connectivity index (χ2v) is 5.00. The molecule has 90 valence electrons. The van der Waals surface area contributed by atoms with E-state index in [1.807, 2.05) is 25.1 Å². The number of fused-ring (bicyclic) bond motifs is 1. The molecule has 0 unspecified atom stereocenters. The summed E-state index contributed by atoms with van der Waals surface area (Å²) in [6.45, 7) is 1.93. The lowest BCUT2D eigenvalue weighted by molar-refractivity contribution is 0.0652. The largest absolute Gasteiger partial charge is 0.475 e. The number of rotatable bonds is 2. The number of nitrogens with zero attached hydrogens (tertiary/aromatic N) is 2. The van der Waals surface area contributed by atoms with Gasteiger partial charge in [0, 0.05) is 11.6 Å². The molecule has 5 nitrogen and oxygen atoms in total. The summed E-state index contributed by atoms with van der Waals surface area (Å²) in [4.78, 5) is 15.2. The van der Waals surface area contributed by atoms with E-state index >= 15 is 0 Å². The second kappa shape index (κ2) is 3.92. The molecule has 0 bridgehead atoms. The van der Waals surface area contributed by atoms with Crippen molar-refractivity contribution in [3.05, 3.63) is 35.0 Å². The van der Waals surface area contributed by atoms with Crippen molar-refractivity contribution in [1.29, 1.82) is 0 Å². The van der Waals surface area contributed by atoms with Crippen molar-refractivity contribution in [1.82, 2.24) is 10.1 Å². The lowest BCUT2D eigenvalue weighted by Gasteiger charge is -1.95. The first-order chi connectivity index (χ1) is 8.65. The van der Waals surface area contributed by atoms with E-state index in [1.54, 1.807) is 11.3 Å². The number of hydrogen-bond donors (Lipinski definition) is 1. The number of benzene rings is 1. The first-order valence-electron chi connectivity index (χ1n) is 5.21. The van der Waals surface area contributed by atoms with Gasteiger partial charge in [0.05, 0.1) is 15.2 Å². The van der Waals surface area contributed by atoms with Gasteiger partial charge in [-0.2, -0.15) is 0 Å². The summed E-state index contributed by atoms with van der Waals surface area (Å²) in [5.74, 6) is -1.30. The predicted octanol–water partition coefficient (Wildman–Crippen LogP) is 2.96. The molecule has 0 aliphatic carbocycles. The lowest BCUT2D eigenvalue weighted by Crippen LogP contribution is -1.91. The van der Waals surface area contributed by atoms with E-state index in [0.717, 1.165) is 20.8 Å². The van der Waals surface area contributed by atoms with Crippen molar-refractivity contribution in [3.8, 4) is 11.3 Å². The van der Waals surface area contributed by atoms with Crippen LogP contribution in [-0.2, 0) is 0 Å². The normalized spacial score (nSPS) is 10.9. The Labute approximate surface area is 106 Å².